The molecule has 2 aromatic rings. The molecule has 27 heavy (non-hydrogen) atoms. The van der Waals surface area contributed by atoms with E-state index < -0.39 is 10.0 Å². The zero-order valence-electron chi connectivity index (χ0n) is 16.0. The van der Waals surface area contributed by atoms with Crippen molar-refractivity contribution in [3.63, 3.8) is 0 Å². The molecule has 0 aliphatic heterocycles. The molecule has 1 atom stereocenters. The maximum absolute atomic E-state index is 12.6. The Kier molecular flexibility index (Phi) is 6.89. The number of anilines is 1. The maximum Gasteiger partial charge on any atom is 0.241 e. The average Bonchev–Trinajstić information content (AvgIpc) is 2.57. The fourth-order valence-electron chi connectivity index (χ4n) is 3.02. The van der Waals surface area contributed by atoms with E-state index in [2.05, 4.69) is 11.4 Å². The van der Waals surface area contributed by atoms with E-state index >= 15 is 0 Å². The molecule has 0 saturated carbocycles. The van der Waals surface area contributed by atoms with Crippen LogP contribution in [0.25, 0.3) is 0 Å². The number of nitrogens with one attached hydrogen (secondary N) is 1. The van der Waals surface area contributed by atoms with Crippen LogP contribution >= 0.6 is 11.6 Å². The van der Waals surface area contributed by atoms with E-state index in [0.29, 0.717) is 17.1 Å². The van der Waals surface area contributed by atoms with Gasteiger partial charge in [-0.2, -0.15) is 0 Å². The minimum absolute atomic E-state index is 0.182. The summed E-state index contributed by atoms with van der Waals surface area (Å²) in [7, 11) is -3.64. The largest absolute Gasteiger partial charge is 0.348 e. The predicted molar refractivity (Wildman–Crippen MR) is 111 cm³/mol. The van der Waals surface area contributed by atoms with Crippen molar-refractivity contribution in [1.82, 2.24) is 5.32 Å². The first-order valence-corrected chi connectivity index (χ1v) is 10.9. The SMILES string of the molecule is CC[C@H](NC(=O)CN(c1cccc(Cl)c1)S(C)(=O)=O)c1ccc(C)cc1C. The van der Waals surface area contributed by atoms with Crippen molar-refractivity contribution in [1.29, 1.82) is 0 Å². The molecular formula is C20H25ClN2O3S. The topological polar surface area (TPSA) is 66.5 Å². The summed E-state index contributed by atoms with van der Waals surface area (Å²) in [5.74, 6) is -0.368. The van der Waals surface area contributed by atoms with Gasteiger partial charge in [-0.25, -0.2) is 8.42 Å². The van der Waals surface area contributed by atoms with Crippen LogP contribution in [0.5, 0.6) is 0 Å². The molecule has 0 spiro atoms. The highest BCUT2D eigenvalue weighted by Gasteiger charge is 2.23. The zero-order valence-corrected chi connectivity index (χ0v) is 17.6. The molecule has 5 nitrogen and oxygen atoms in total. The Morgan fingerprint density at radius 1 is 1.19 bits per heavy atom. The van der Waals surface area contributed by atoms with Crippen molar-refractivity contribution in [2.75, 3.05) is 17.1 Å². The summed E-state index contributed by atoms with van der Waals surface area (Å²) in [6.07, 6.45) is 1.77. The van der Waals surface area contributed by atoms with Gasteiger partial charge in [-0.1, -0.05) is 48.4 Å². The van der Waals surface area contributed by atoms with Crippen LogP contribution in [0.15, 0.2) is 42.5 Å². The van der Waals surface area contributed by atoms with Gasteiger partial charge in [0.15, 0.2) is 0 Å². The van der Waals surface area contributed by atoms with Gasteiger partial charge in [-0.15, -0.1) is 0 Å². The van der Waals surface area contributed by atoms with Crippen molar-refractivity contribution in [3.05, 3.63) is 64.2 Å². The van der Waals surface area contributed by atoms with Crippen LogP contribution in [0, 0.1) is 13.8 Å². The Morgan fingerprint density at radius 2 is 1.89 bits per heavy atom. The molecule has 1 amide bonds. The fraction of sp³-hybridized carbons (Fsp3) is 0.350. The number of amides is 1. The van der Waals surface area contributed by atoms with Gasteiger partial charge < -0.3 is 5.32 Å². The van der Waals surface area contributed by atoms with Crippen LogP contribution < -0.4 is 9.62 Å². The molecule has 7 heteroatoms. The monoisotopic (exact) mass is 408 g/mol. The Morgan fingerprint density at radius 3 is 2.44 bits per heavy atom. The normalized spacial score (nSPS) is 12.5. The zero-order chi connectivity index (χ0) is 20.2. The highest BCUT2D eigenvalue weighted by Crippen LogP contribution is 2.23. The van der Waals surface area contributed by atoms with Gasteiger partial charge in [0, 0.05) is 5.02 Å². The number of rotatable bonds is 7. The van der Waals surface area contributed by atoms with Crippen LogP contribution in [0.2, 0.25) is 5.02 Å². The highest BCUT2D eigenvalue weighted by atomic mass is 35.5. The van der Waals surface area contributed by atoms with Gasteiger partial charge in [0.2, 0.25) is 15.9 Å². The van der Waals surface area contributed by atoms with Crippen molar-refractivity contribution < 1.29 is 13.2 Å². The Bertz CT molecular complexity index is 929. The quantitative estimate of drug-likeness (QED) is 0.753. The number of sulfonamides is 1. The molecule has 0 aliphatic carbocycles. The first-order valence-electron chi connectivity index (χ1n) is 8.71. The Balaban J connectivity index is 2.22. The van der Waals surface area contributed by atoms with Gasteiger partial charge in [-0.05, 0) is 49.6 Å². The molecule has 146 valence electrons. The van der Waals surface area contributed by atoms with Crippen molar-refractivity contribution in [3.8, 4) is 0 Å². The van der Waals surface area contributed by atoms with Crippen LogP contribution in [0.3, 0.4) is 0 Å². The van der Waals surface area contributed by atoms with Crippen molar-refractivity contribution in [2.24, 2.45) is 0 Å². The van der Waals surface area contributed by atoms with Crippen molar-refractivity contribution >= 4 is 33.2 Å². The second-order valence-corrected chi connectivity index (χ2v) is 8.98. The smallest absolute Gasteiger partial charge is 0.241 e. The third-order valence-corrected chi connectivity index (χ3v) is 5.70. The Labute approximate surface area is 166 Å². The summed E-state index contributed by atoms with van der Waals surface area (Å²) in [4.78, 5) is 12.6. The molecule has 0 heterocycles. The molecule has 0 fully saturated rings. The second kappa shape index (κ2) is 8.76. The van der Waals surface area contributed by atoms with E-state index in [4.69, 9.17) is 11.6 Å². The molecule has 0 radical (unpaired) electrons. The molecule has 0 aliphatic rings. The first-order chi connectivity index (χ1) is 12.6. The number of aryl methyl sites for hydroxylation is 2. The molecule has 0 saturated heterocycles. The summed E-state index contributed by atoms with van der Waals surface area (Å²) in [5, 5.41) is 3.36. The van der Waals surface area contributed by atoms with E-state index in [1.807, 2.05) is 32.9 Å². The lowest BCUT2D eigenvalue weighted by molar-refractivity contribution is -0.120. The number of carbonyl (C=O) groups excluding carboxylic acids is 1. The second-order valence-electron chi connectivity index (χ2n) is 6.64. The number of nitrogens with zero attached hydrogens (tertiary/aromatic N) is 1. The molecule has 0 aromatic heterocycles. The molecular weight excluding hydrogens is 384 g/mol. The van der Waals surface area contributed by atoms with E-state index in [9.17, 15) is 13.2 Å². The summed E-state index contributed by atoms with van der Waals surface area (Å²) in [6.45, 7) is 5.70. The number of carbonyl (C=O) groups is 1. The molecule has 1 N–H and O–H groups in total. The van der Waals surface area contributed by atoms with Gasteiger partial charge in [0.25, 0.3) is 0 Å². The van der Waals surface area contributed by atoms with Gasteiger partial charge in [-0.3, -0.25) is 9.10 Å². The summed E-state index contributed by atoms with van der Waals surface area (Å²) >= 11 is 5.97. The van der Waals surface area contributed by atoms with Gasteiger partial charge >= 0.3 is 0 Å². The molecule has 0 unspecified atom stereocenters. The van der Waals surface area contributed by atoms with Crippen LogP contribution in [-0.2, 0) is 14.8 Å². The lowest BCUT2D eigenvalue weighted by atomic mass is 9.97. The summed E-state index contributed by atoms with van der Waals surface area (Å²) in [6, 6.07) is 12.3. The van der Waals surface area contributed by atoms with Gasteiger partial charge in [0.05, 0.1) is 18.0 Å². The van der Waals surface area contributed by atoms with Crippen molar-refractivity contribution in [2.45, 2.75) is 33.2 Å². The minimum atomic E-state index is -3.64. The lowest BCUT2D eigenvalue weighted by Crippen LogP contribution is -2.41. The summed E-state index contributed by atoms with van der Waals surface area (Å²) in [5.41, 5.74) is 3.64. The highest BCUT2D eigenvalue weighted by molar-refractivity contribution is 7.92. The Hall–Kier alpha value is -2.05. The number of hydrogen-bond acceptors (Lipinski definition) is 3. The summed E-state index contributed by atoms with van der Waals surface area (Å²) < 4.78 is 25.5. The molecule has 0 bridgehead atoms. The van der Waals surface area contributed by atoms with Crippen LogP contribution in [-0.4, -0.2) is 27.1 Å². The van der Waals surface area contributed by atoms with E-state index in [1.165, 1.54) is 6.07 Å². The third-order valence-electron chi connectivity index (χ3n) is 4.33. The maximum atomic E-state index is 12.6. The van der Waals surface area contributed by atoms with E-state index in [0.717, 1.165) is 27.3 Å². The fourth-order valence-corrected chi connectivity index (χ4v) is 4.05. The molecule has 2 rings (SSSR count). The molecule has 2 aromatic carbocycles. The first kappa shape index (κ1) is 21.3. The number of benzene rings is 2. The number of halogens is 1. The third kappa shape index (κ3) is 5.71. The van der Waals surface area contributed by atoms with E-state index in [1.54, 1.807) is 18.2 Å². The minimum Gasteiger partial charge on any atom is -0.348 e. The van der Waals surface area contributed by atoms with E-state index in [-0.39, 0.29) is 18.5 Å². The van der Waals surface area contributed by atoms with Gasteiger partial charge in [0.1, 0.15) is 6.54 Å². The standard InChI is InChI=1S/C20H25ClN2O3S/c1-5-19(18-10-9-14(2)11-15(18)3)22-20(24)13-23(27(4,25)26)17-8-6-7-16(21)12-17/h6-12,19H,5,13H2,1-4H3,(H,22,24)/t19-/m0/s1. The van der Waals surface area contributed by atoms with Crippen LogP contribution in [0.1, 0.15) is 36.1 Å². The number of hydrogen-bond donors (Lipinski definition) is 1. The lowest BCUT2D eigenvalue weighted by Gasteiger charge is -2.25. The predicted octanol–water partition coefficient (Wildman–Crippen LogP) is 3.99. The van der Waals surface area contributed by atoms with Crippen LogP contribution in [0.4, 0.5) is 5.69 Å². The average molecular weight is 409 g/mol.